The highest BCUT2D eigenvalue weighted by Gasteiger charge is 2.49. The second-order valence-corrected chi connectivity index (χ2v) is 7.72. The van der Waals surface area contributed by atoms with Crippen molar-refractivity contribution in [1.82, 2.24) is 9.80 Å². The maximum atomic E-state index is 13.0. The van der Waals surface area contributed by atoms with Crippen molar-refractivity contribution in [3.63, 3.8) is 0 Å². The third-order valence-corrected chi connectivity index (χ3v) is 6.00. The van der Waals surface area contributed by atoms with Crippen molar-refractivity contribution in [2.75, 3.05) is 46.5 Å². The zero-order valence-corrected chi connectivity index (χ0v) is 16.6. The number of amides is 2. The molecule has 0 radical (unpaired) electrons. The van der Waals surface area contributed by atoms with Crippen LogP contribution in [-0.4, -0.2) is 68.1 Å². The van der Waals surface area contributed by atoms with Gasteiger partial charge in [0.15, 0.2) is 6.61 Å². The van der Waals surface area contributed by atoms with Crippen LogP contribution in [0.1, 0.15) is 30.4 Å². The average molecular weight is 374 g/mol. The maximum Gasteiger partial charge on any atom is 0.260 e. The maximum absolute atomic E-state index is 13.0. The van der Waals surface area contributed by atoms with Crippen LogP contribution in [0.3, 0.4) is 0 Å². The molecule has 148 valence electrons. The Kier molecular flexibility index (Phi) is 6.05. The van der Waals surface area contributed by atoms with Gasteiger partial charge in [-0.05, 0) is 50.3 Å². The van der Waals surface area contributed by atoms with Crippen LogP contribution in [0.2, 0.25) is 0 Å². The number of carbonyl (C=O) groups excluding carboxylic acids is 2. The molecule has 1 spiro atoms. The fraction of sp³-hybridized carbons (Fsp3) is 0.619. The number of hydrogen-bond acceptors (Lipinski definition) is 4. The number of rotatable bonds is 6. The van der Waals surface area contributed by atoms with E-state index in [0.717, 1.165) is 42.7 Å². The Morgan fingerprint density at radius 1 is 1.22 bits per heavy atom. The fourth-order valence-corrected chi connectivity index (χ4v) is 4.14. The van der Waals surface area contributed by atoms with E-state index in [-0.39, 0.29) is 18.4 Å². The van der Waals surface area contributed by atoms with E-state index >= 15 is 0 Å². The Bertz CT molecular complexity index is 705. The van der Waals surface area contributed by atoms with E-state index in [1.165, 1.54) is 0 Å². The molecular formula is C21H30N2O4. The quantitative estimate of drug-likeness (QED) is 0.766. The number of carbonyl (C=O) groups is 2. The first-order valence-electron chi connectivity index (χ1n) is 9.72. The van der Waals surface area contributed by atoms with Gasteiger partial charge in [0.25, 0.3) is 5.91 Å². The number of aryl methyl sites for hydroxylation is 1. The number of piperidine rings is 1. The molecule has 0 aliphatic carbocycles. The highest BCUT2D eigenvalue weighted by atomic mass is 16.5. The van der Waals surface area contributed by atoms with Crippen LogP contribution in [0.15, 0.2) is 18.2 Å². The molecule has 0 N–H and O–H groups in total. The lowest BCUT2D eigenvalue weighted by molar-refractivity contribution is -0.147. The molecule has 3 rings (SSSR count). The molecule has 2 aliphatic rings. The standard InChI is InChI=1S/C21H30N2O4/c1-16-6-4-7-18(17(16)2)27-14-19(24)23-11-9-21(15-23)8-5-10-22(20(21)25)12-13-26-3/h4,6-7H,5,8-15H2,1-3H3/t21-/m1/s1. The number of benzene rings is 1. The van der Waals surface area contributed by atoms with Crippen molar-refractivity contribution in [1.29, 1.82) is 0 Å². The molecule has 6 heteroatoms. The van der Waals surface area contributed by atoms with Crippen molar-refractivity contribution in [3.8, 4) is 5.75 Å². The first-order valence-corrected chi connectivity index (χ1v) is 9.72. The summed E-state index contributed by atoms with van der Waals surface area (Å²) in [4.78, 5) is 29.3. The van der Waals surface area contributed by atoms with E-state index in [0.29, 0.717) is 26.2 Å². The van der Waals surface area contributed by atoms with Gasteiger partial charge in [0, 0.05) is 33.3 Å². The second kappa shape index (κ2) is 8.30. The van der Waals surface area contributed by atoms with E-state index in [1.54, 1.807) is 12.0 Å². The number of hydrogen-bond donors (Lipinski definition) is 0. The van der Waals surface area contributed by atoms with Gasteiger partial charge in [0.2, 0.25) is 5.91 Å². The van der Waals surface area contributed by atoms with Crippen LogP contribution in [0.25, 0.3) is 0 Å². The molecule has 27 heavy (non-hydrogen) atoms. The second-order valence-electron chi connectivity index (χ2n) is 7.72. The van der Waals surface area contributed by atoms with E-state index in [1.807, 2.05) is 36.9 Å². The molecule has 0 saturated carbocycles. The van der Waals surface area contributed by atoms with Crippen molar-refractivity contribution in [3.05, 3.63) is 29.3 Å². The van der Waals surface area contributed by atoms with E-state index < -0.39 is 5.41 Å². The molecule has 2 aliphatic heterocycles. The Balaban J connectivity index is 1.59. The fourth-order valence-electron chi connectivity index (χ4n) is 4.14. The zero-order chi connectivity index (χ0) is 19.4. The number of nitrogens with zero attached hydrogens (tertiary/aromatic N) is 2. The monoisotopic (exact) mass is 374 g/mol. The van der Waals surface area contributed by atoms with Crippen molar-refractivity contribution in [2.24, 2.45) is 5.41 Å². The molecule has 2 heterocycles. The largest absolute Gasteiger partial charge is 0.483 e. The number of methoxy groups -OCH3 is 1. The highest BCUT2D eigenvalue weighted by Crippen LogP contribution is 2.40. The van der Waals surface area contributed by atoms with Crippen LogP contribution in [-0.2, 0) is 14.3 Å². The number of ether oxygens (including phenoxy) is 2. The lowest BCUT2D eigenvalue weighted by Crippen LogP contribution is -2.51. The first kappa shape index (κ1) is 19.7. The van der Waals surface area contributed by atoms with Crippen molar-refractivity contribution >= 4 is 11.8 Å². The van der Waals surface area contributed by atoms with E-state index in [9.17, 15) is 9.59 Å². The van der Waals surface area contributed by atoms with Gasteiger partial charge in [-0.2, -0.15) is 0 Å². The lowest BCUT2D eigenvalue weighted by atomic mass is 9.78. The van der Waals surface area contributed by atoms with Crippen LogP contribution >= 0.6 is 0 Å². The Labute approximate surface area is 161 Å². The lowest BCUT2D eigenvalue weighted by Gasteiger charge is -2.39. The molecule has 1 aromatic rings. The average Bonchev–Trinajstić information content (AvgIpc) is 3.09. The number of likely N-dealkylation sites (tertiary alicyclic amines) is 2. The third kappa shape index (κ3) is 4.10. The van der Waals surface area contributed by atoms with Crippen molar-refractivity contribution < 1.29 is 19.1 Å². The molecule has 2 saturated heterocycles. The van der Waals surface area contributed by atoms with Gasteiger partial charge < -0.3 is 19.3 Å². The topological polar surface area (TPSA) is 59.1 Å². The summed E-state index contributed by atoms with van der Waals surface area (Å²) >= 11 is 0. The molecule has 0 unspecified atom stereocenters. The Morgan fingerprint density at radius 3 is 2.81 bits per heavy atom. The van der Waals surface area contributed by atoms with Gasteiger partial charge in [-0.3, -0.25) is 9.59 Å². The minimum atomic E-state index is -0.416. The summed E-state index contributed by atoms with van der Waals surface area (Å²) in [5.41, 5.74) is 1.78. The summed E-state index contributed by atoms with van der Waals surface area (Å²) in [6, 6.07) is 5.85. The molecule has 0 bridgehead atoms. The molecule has 1 atom stereocenters. The first-order chi connectivity index (χ1) is 13.0. The van der Waals surface area contributed by atoms with Gasteiger partial charge in [-0.15, -0.1) is 0 Å². The predicted molar refractivity (Wildman–Crippen MR) is 103 cm³/mol. The van der Waals surface area contributed by atoms with Crippen LogP contribution in [0.4, 0.5) is 0 Å². The molecule has 1 aromatic carbocycles. The van der Waals surface area contributed by atoms with Gasteiger partial charge in [0.05, 0.1) is 12.0 Å². The SMILES string of the molecule is COCCN1CCC[C@]2(CCN(C(=O)COc3cccc(C)c3C)C2)C1=O. The Morgan fingerprint density at radius 2 is 2.04 bits per heavy atom. The zero-order valence-electron chi connectivity index (χ0n) is 16.6. The molecule has 6 nitrogen and oxygen atoms in total. The van der Waals surface area contributed by atoms with Gasteiger partial charge in [-0.25, -0.2) is 0 Å². The summed E-state index contributed by atoms with van der Waals surface area (Å²) in [5, 5.41) is 0. The summed E-state index contributed by atoms with van der Waals surface area (Å²) in [7, 11) is 1.65. The molecule has 2 fully saturated rings. The summed E-state index contributed by atoms with van der Waals surface area (Å²) in [6.07, 6.45) is 2.58. The van der Waals surface area contributed by atoms with Gasteiger partial charge in [0.1, 0.15) is 5.75 Å². The van der Waals surface area contributed by atoms with E-state index in [4.69, 9.17) is 9.47 Å². The summed E-state index contributed by atoms with van der Waals surface area (Å²) in [6.45, 7) is 7.13. The minimum Gasteiger partial charge on any atom is -0.483 e. The third-order valence-electron chi connectivity index (χ3n) is 6.00. The van der Waals surface area contributed by atoms with Crippen LogP contribution in [0, 0.1) is 19.3 Å². The summed E-state index contributed by atoms with van der Waals surface area (Å²) in [5.74, 6) is 0.878. The van der Waals surface area contributed by atoms with Gasteiger partial charge in [-0.1, -0.05) is 12.1 Å². The Hall–Kier alpha value is -2.08. The molecule has 2 amide bonds. The van der Waals surface area contributed by atoms with Gasteiger partial charge >= 0.3 is 0 Å². The van der Waals surface area contributed by atoms with E-state index in [2.05, 4.69) is 0 Å². The molecular weight excluding hydrogens is 344 g/mol. The normalized spacial score (nSPS) is 22.6. The van der Waals surface area contributed by atoms with Crippen LogP contribution in [0.5, 0.6) is 5.75 Å². The predicted octanol–water partition coefficient (Wildman–Crippen LogP) is 2.17. The minimum absolute atomic E-state index is 0.0158. The van der Waals surface area contributed by atoms with Crippen LogP contribution < -0.4 is 4.74 Å². The summed E-state index contributed by atoms with van der Waals surface area (Å²) < 4.78 is 10.9. The molecule has 0 aromatic heterocycles. The highest BCUT2D eigenvalue weighted by molar-refractivity contribution is 5.86. The van der Waals surface area contributed by atoms with Crippen molar-refractivity contribution in [2.45, 2.75) is 33.1 Å². The smallest absolute Gasteiger partial charge is 0.260 e.